The summed E-state index contributed by atoms with van der Waals surface area (Å²) < 4.78 is 18.9. The first-order valence-corrected chi connectivity index (χ1v) is 9.90. The number of nitrogens with zero attached hydrogens (tertiary/aromatic N) is 2. The predicted molar refractivity (Wildman–Crippen MR) is 88.5 cm³/mol. The van der Waals surface area contributed by atoms with Crippen LogP contribution in [0.5, 0.6) is 0 Å². The molecule has 25 heavy (non-hydrogen) atoms. The van der Waals surface area contributed by atoms with Crippen LogP contribution in [0.2, 0.25) is 0 Å². The van der Waals surface area contributed by atoms with Crippen molar-refractivity contribution in [3.63, 3.8) is 0 Å². The number of rotatable bonds is 2. The summed E-state index contributed by atoms with van der Waals surface area (Å²) in [4.78, 5) is 12.5. The Morgan fingerprint density at radius 2 is 1.80 bits per heavy atom. The maximum absolute atomic E-state index is 12.1. The van der Waals surface area contributed by atoms with Crippen molar-refractivity contribution >= 4 is 18.0 Å². The van der Waals surface area contributed by atoms with E-state index in [1.165, 1.54) is 38.5 Å². The van der Waals surface area contributed by atoms with Crippen molar-refractivity contribution in [2.24, 2.45) is 17.8 Å². The van der Waals surface area contributed by atoms with Crippen molar-refractivity contribution in [1.82, 2.24) is 9.78 Å². The summed E-state index contributed by atoms with van der Waals surface area (Å²) in [6.07, 6.45) is 7.20. The third-order valence-electron chi connectivity index (χ3n) is 7.19. The number of carbonyl (C=O) groups is 1. The van der Waals surface area contributed by atoms with Crippen molar-refractivity contribution in [2.75, 3.05) is 6.61 Å². The summed E-state index contributed by atoms with van der Waals surface area (Å²) in [7, 11) is 0. The maximum atomic E-state index is 12.1. The van der Waals surface area contributed by atoms with E-state index in [1.807, 2.05) is 0 Å². The molecule has 6 bridgehead atoms. The van der Waals surface area contributed by atoms with E-state index in [0.29, 0.717) is 17.9 Å². The number of carbonyl (C=O) groups excluding carboxylic acids is 1. The number of ether oxygens (including phenoxy) is 2. The lowest BCUT2D eigenvalue weighted by molar-refractivity contribution is -0.156. The molecule has 134 valence electrons. The minimum atomic E-state index is -0.690. The number of fused-ring (bicyclic) bond motifs is 2. The molecule has 2 saturated heterocycles. The summed E-state index contributed by atoms with van der Waals surface area (Å²) in [6, 6.07) is -0.204. The summed E-state index contributed by atoms with van der Waals surface area (Å²) in [5, 5.41) is 4.83. The molecule has 4 saturated carbocycles. The number of hydrogen-bond donors (Lipinski definition) is 0. The Bertz CT molecular complexity index is 764. The van der Waals surface area contributed by atoms with Gasteiger partial charge in [0, 0.05) is 11.8 Å². The number of hydrogen-bond acceptors (Lipinski definition) is 6. The smallest absolute Gasteiger partial charge is 0.287 e. The summed E-state index contributed by atoms with van der Waals surface area (Å²) in [5.41, 5.74) is 0.0712. The maximum Gasteiger partial charge on any atom is 0.287 e. The van der Waals surface area contributed by atoms with Gasteiger partial charge in [0.2, 0.25) is 12.2 Å². The van der Waals surface area contributed by atoms with Gasteiger partial charge >= 0.3 is 0 Å². The third kappa shape index (κ3) is 2.12. The minimum Gasteiger partial charge on any atom is -0.413 e. The molecule has 3 heterocycles. The standard InChI is InChI=1S/C18H22N2O4S/c21-13-4-12(14-8-22-15(13)23-14)20-17(25)24-16(19-20)18-5-9-1-10(6-18)3-11(2-9)7-18/h9-12,14-15H,1-8H2/t9?,10?,11?,12-,14+,15+,18?/m1/s1. The van der Waals surface area contributed by atoms with E-state index >= 15 is 0 Å². The first-order chi connectivity index (χ1) is 12.1. The second-order valence-electron chi connectivity index (χ2n) is 8.89. The van der Waals surface area contributed by atoms with Gasteiger partial charge in [0.05, 0.1) is 12.6 Å². The zero-order valence-corrected chi connectivity index (χ0v) is 14.9. The molecule has 6 nitrogen and oxygen atoms in total. The van der Waals surface area contributed by atoms with E-state index in [4.69, 9.17) is 31.2 Å². The molecule has 7 heteroatoms. The van der Waals surface area contributed by atoms with Crippen LogP contribution in [0.4, 0.5) is 0 Å². The zero-order chi connectivity index (χ0) is 16.8. The highest BCUT2D eigenvalue weighted by atomic mass is 32.1. The Morgan fingerprint density at radius 1 is 1.12 bits per heavy atom. The van der Waals surface area contributed by atoms with Crippen LogP contribution in [0.15, 0.2) is 4.42 Å². The molecule has 0 aromatic carbocycles. The largest absolute Gasteiger partial charge is 0.413 e. The molecule has 4 aliphatic carbocycles. The fraction of sp³-hybridized carbons (Fsp3) is 0.833. The molecular weight excluding hydrogens is 340 g/mol. The molecule has 3 atom stereocenters. The van der Waals surface area contributed by atoms with Gasteiger partial charge in [0.25, 0.3) is 4.84 Å². The predicted octanol–water partition coefficient (Wildman–Crippen LogP) is 2.93. The minimum absolute atomic E-state index is 0.0278. The van der Waals surface area contributed by atoms with Gasteiger partial charge < -0.3 is 13.9 Å². The van der Waals surface area contributed by atoms with Crippen molar-refractivity contribution in [3.05, 3.63) is 10.7 Å². The molecule has 6 fully saturated rings. The molecule has 0 unspecified atom stereocenters. The molecule has 2 aliphatic heterocycles. The highest BCUT2D eigenvalue weighted by Gasteiger charge is 2.54. The molecular formula is C18H22N2O4S. The van der Waals surface area contributed by atoms with Crippen molar-refractivity contribution in [1.29, 1.82) is 0 Å². The van der Waals surface area contributed by atoms with E-state index in [9.17, 15) is 4.79 Å². The Morgan fingerprint density at radius 3 is 2.48 bits per heavy atom. The Balaban J connectivity index is 1.37. The van der Waals surface area contributed by atoms with Crippen molar-refractivity contribution in [3.8, 4) is 0 Å². The van der Waals surface area contributed by atoms with Gasteiger partial charge in [-0.3, -0.25) is 4.79 Å². The monoisotopic (exact) mass is 362 g/mol. The van der Waals surface area contributed by atoms with Crippen LogP contribution in [0, 0.1) is 22.6 Å². The molecule has 6 aliphatic rings. The van der Waals surface area contributed by atoms with Crippen LogP contribution in [-0.4, -0.2) is 34.6 Å². The summed E-state index contributed by atoms with van der Waals surface area (Å²) in [6.45, 7) is 0.419. The fourth-order valence-electron chi connectivity index (χ4n) is 6.55. The first kappa shape index (κ1) is 15.1. The van der Waals surface area contributed by atoms with Gasteiger partial charge in [-0.15, -0.1) is 5.10 Å². The Kier molecular flexibility index (Phi) is 3.02. The lowest BCUT2D eigenvalue weighted by Gasteiger charge is -2.55. The number of aromatic nitrogens is 2. The van der Waals surface area contributed by atoms with Crippen LogP contribution >= 0.6 is 12.2 Å². The van der Waals surface area contributed by atoms with Gasteiger partial charge in [0.15, 0.2) is 5.78 Å². The molecule has 1 aromatic heterocycles. The SMILES string of the molecule is O=C1C[C@@H](n2nc(C34CC5CC(CC(C5)C3)C4)oc2=S)[C@@H]2CO[C@H]1O2. The number of Topliss-reactive ketones (excluding diaryl/α,β-unsaturated/α-hetero) is 1. The third-order valence-corrected chi connectivity index (χ3v) is 7.46. The van der Waals surface area contributed by atoms with Crippen LogP contribution in [0.25, 0.3) is 0 Å². The van der Waals surface area contributed by atoms with E-state index in [2.05, 4.69) is 0 Å². The van der Waals surface area contributed by atoms with Crippen LogP contribution in [0.1, 0.15) is 56.9 Å². The molecule has 7 rings (SSSR count). The van der Waals surface area contributed by atoms with Crippen molar-refractivity contribution in [2.45, 2.75) is 68.8 Å². The number of ketones is 1. The van der Waals surface area contributed by atoms with Crippen LogP contribution in [-0.2, 0) is 19.7 Å². The van der Waals surface area contributed by atoms with Crippen LogP contribution in [0.3, 0.4) is 0 Å². The van der Waals surface area contributed by atoms with Crippen LogP contribution < -0.4 is 0 Å². The molecule has 0 amide bonds. The zero-order valence-electron chi connectivity index (χ0n) is 14.1. The lowest BCUT2D eigenvalue weighted by Crippen LogP contribution is -2.48. The van der Waals surface area contributed by atoms with Gasteiger partial charge in [-0.05, 0) is 68.5 Å². The molecule has 0 N–H and O–H groups in total. The van der Waals surface area contributed by atoms with Gasteiger partial charge in [0.1, 0.15) is 6.10 Å². The second kappa shape index (κ2) is 5.02. The molecule has 0 spiro atoms. The van der Waals surface area contributed by atoms with Gasteiger partial charge in [-0.2, -0.15) is 0 Å². The lowest BCUT2D eigenvalue weighted by atomic mass is 9.49. The van der Waals surface area contributed by atoms with E-state index in [-0.39, 0.29) is 23.3 Å². The highest BCUT2D eigenvalue weighted by Crippen LogP contribution is 2.60. The van der Waals surface area contributed by atoms with E-state index in [1.54, 1.807) is 4.68 Å². The molecule has 0 radical (unpaired) electrons. The molecule has 1 aromatic rings. The van der Waals surface area contributed by atoms with Gasteiger partial charge in [-0.1, -0.05) is 0 Å². The topological polar surface area (TPSA) is 66.5 Å². The Hall–Kier alpha value is -1.05. The average molecular weight is 362 g/mol. The highest BCUT2D eigenvalue weighted by molar-refractivity contribution is 7.71. The normalized spacial score (nSPS) is 47.6. The van der Waals surface area contributed by atoms with Crippen molar-refractivity contribution < 1.29 is 18.7 Å². The van der Waals surface area contributed by atoms with E-state index in [0.717, 1.165) is 23.6 Å². The summed E-state index contributed by atoms with van der Waals surface area (Å²) >= 11 is 5.49. The second-order valence-corrected chi connectivity index (χ2v) is 9.24. The fourth-order valence-corrected chi connectivity index (χ4v) is 6.81. The first-order valence-electron chi connectivity index (χ1n) is 9.49. The summed E-state index contributed by atoms with van der Waals surface area (Å²) in [5.74, 6) is 3.25. The Labute approximate surface area is 150 Å². The average Bonchev–Trinajstić information content (AvgIpc) is 3.16. The van der Waals surface area contributed by atoms with E-state index < -0.39 is 6.29 Å². The van der Waals surface area contributed by atoms with Gasteiger partial charge in [-0.25, -0.2) is 4.68 Å². The quantitative estimate of drug-likeness (QED) is 0.754.